The number of aromatic nitrogens is 1. The number of ether oxygens (including phenoxy) is 1. The van der Waals surface area contributed by atoms with Gasteiger partial charge < -0.3 is 15.4 Å². The monoisotopic (exact) mass is 335 g/mol. The first-order chi connectivity index (χ1) is 10.7. The van der Waals surface area contributed by atoms with E-state index in [-0.39, 0.29) is 6.04 Å². The highest BCUT2D eigenvalue weighted by Gasteiger charge is 2.16. The fraction of sp³-hybridized carbons (Fsp3) is 0.412. The summed E-state index contributed by atoms with van der Waals surface area (Å²) in [4.78, 5) is 16.1. The van der Waals surface area contributed by atoms with E-state index in [1.54, 1.807) is 6.20 Å². The third-order valence-electron chi connectivity index (χ3n) is 3.02. The Morgan fingerprint density at radius 2 is 2.13 bits per heavy atom. The molecule has 1 atom stereocenters. The van der Waals surface area contributed by atoms with Crippen molar-refractivity contribution in [3.05, 3.63) is 35.5 Å². The first-order valence-electron chi connectivity index (χ1n) is 7.52. The molecule has 5 nitrogen and oxygen atoms in total. The third-order valence-corrected chi connectivity index (χ3v) is 3.24. The number of nitrogens with one attached hydrogen (secondary N) is 2. The van der Waals surface area contributed by atoms with E-state index in [4.69, 9.17) is 16.3 Å². The number of alkyl carbamates (subject to hydrolysis) is 1. The van der Waals surface area contributed by atoms with Gasteiger partial charge in [-0.3, -0.25) is 4.98 Å². The third kappa shape index (κ3) is 5.28. The highest BCUT2D eigenvalue weighted by molar-refractivity contribution is 6.31. The fourth-order valence-corrected chi connectivity index (χ4v) is 2.36. The molecule has 0 spiro atoms. The van der Waals surface area contributed by atoms with Crippen LogP contribution in [-0.2, 0) is 4.74 Å². The van der Waals surface area contributed by atoms with Gasteiger partial charge in [0.2, 0.25) is 0 Å². The minimum Gasteiger partial charge on any atom is -0.444 e. The molecule has 6 heteroatoms. The molecule has 0 aliphatic rings. The van der Waals surface area contributed by atoms with Crippen molar-refractivity contribution in [2.24, 2.45) is 0 Å². The van der Waals surface area contributed by atoms with Gasteiger partial charge >= 0.3 is 6.09 Å². The number of nitrogens with zero attached hydrogens (tertiary/aromatic N) is 1. The first kappa shape index (κ1) is 17.3. The van der Waals surface area contributed by atoms with Crippen molar-refractivity contribution < 1.29 is 9.53 Å². The zero-order valence-corrected chi connectivity index (χ0v) is 14.6. The lowest BCUT2D eigenvalue weighted by atomic mass is 10.1. The van der Waals surface area contributed by atoms with Crippen LogP contribution in [0.3, 0.4) is 0 Å². The number of rotatable bonds is 4. The number of fused-ring (bicyclic) bond motifs is 1. The summed E-state index contributed by atoms with van der Waals surface area (Å²) in [6.07, 6.45) is 1.31. The molecule has 1 aromatic carbocycles. The van der Waals surface area contributed by atoms with Gasteiger partial charge in [-0.2, -0.15) is 0 Å². The Morgan fingerprint density at radius 3 is 2.83 bits per heavy atom. The normalized spacial score (nSPS) is 12.7. The summed E-state index contributed by atoms with van der Waals surface area (Å²) in [5.41, 5.74) is 1.18. The summed E-state index contributed by atoms with van der Waals surface area (Å²) in [5.74, 6) is 0. The van der Waals surface area contributed by atoms with Crippen molar-refractivity contribution in [3.63, 3.8) is 0 Å². The number of halogens is 1. The zero-order valence-electron chi connectivity index (χ0n) is 13.8. The molecule has 2 N–H and O–H groups in total. The van der Waals surface area contributed by atoms with E-state index in [1.807, 2.05) is 52.0 Å². The number of carbonyl (C=O) groups is 1. The zero-order chi connectivity index (χ0) is 17.0. The molecule has 1 amide bonds. The predicted octanol–water partition coefficient (Wildman–Crippen LogP) is 4.21. The molecule has 0 radical (unpaired) electrons. The largest absolute Gasteiger partial charge is 0.444 e. The van der Waals surface area contributed by atoms with Crippen molar-refractivity contribution in [2.45, 2.75) is 39.3 Å². The van der Waals surface area contributed by atoms with Gasteiger partial charge in [-0.05, 0) is 45.9 Å². The topological polar surface area (TPSA) is 63.2 Å². The van der Waals surface area contributed by atoms with E-state index in [2.05, 4.69) is 15.6 Å². The highest BCUT2D eigenvalue weighted by Crippen LogP contribution is 2.26. The minimum atomic E-state index is -0.506. The van der Waals surface area contributed by atoms with Crippen molar-refractivity contribution in [2.75, 3.05) is 11.9 Å². The Bertz CT molecular complexity index is 698. The second kappa shape index (κ2) is 7.04. The Balaban J connectivity index is 2.01. The second-order valence-electron chi connectivity index (χ2n) is 6.46. The van der Waals surface area contributed by atoms with E-state index in [1.165, 1.54) is 0 Å². The number of amides is 1. The summed E-state index contributed by atoms with van der Waals surface area (Å²) < 4.78 is 5.22. The summed E-state index contributed by atoms with van der Waals surface area (Å²) >= 11 is 6.15. The van der Waals surface area contributed by atoms with Crippen LogP contribution in [-0.4, -0.2) is 29.3 Å². The lowest BCUT2D eigenvalue weighted by Crippen LogP contribution is -2.38. The maximum Gasteiger partial charge on any atom is 0.407 e. The Labute approximate surface area is 141 Å². The molecule has 1 aromatic heterocycles. The number of pyridine rings is 1. The fourth-order valence-electron chi connectivity index (χ4n) is 2.13. The maximum atomic E-state index is 11.7. The lowest BCUT2D eigenvalue weighted by molar-refractivity contribution is 0.0526. The summed E-state index contributed by atoms with van der Waals surface area (Å²) in [5, 5.41) is 7.68. The molecule has 2 rings (SSSR count). The van der Waals surface area contributed by atoms with Crippen LogP contribution in [0.25, 0.3) is 10.9 Å². The molecule has 0 saturated heterocycles. The van der Waals surface area contributed by atoms with Gasteiger partial charge in [0.15, 0.2) is 0 Å². The molecular weight excluding hydrogens is 314 g/mol. The van der Waals surface area contributed by atoms with Gasteiger partial charge in [0.1, 0.15) is 5.60 Å². The molecule has 23 heavy (non-hydrogen) atoms. The van der Waals surface area contributed by atoms with Crippen LogP contribution in [0.2, 0.25) is 5.02 Å². The summed E-state index contributed by atoms with van der Waals surface area (Å²) in [6.45, 7) is 7.89. The van der Waals surface area contributed by atoms with Crippen LogP contribution in [0, 0.1) is 0 Å². The number of benzene rings is 1. The van der Waals surface area contributed by atoms with Crippen LogP contribution in [0.15, 0.2) is 30.5 Å². The molecule has 0 aliphatic carbocycles. The average molecular weight is 336 g/mol. The molecule has 1 heterocycles. The van der Waals surface area contributed by atoms with Crippen molar-refractivity contribution >= 4 is 34.3 Å². The van der Waals surface area contributed by atoms with Crippen LogP contribution in [0.4, 0.5) is 10.5 Å². The maximum absolute atomic E-state index is 11.7. The van der Waals surface area contributed by atoms with Crippen molar-refractivity contribution in [1.82, 2.24) is 10.3 Å². The van der Waals surface area contributed by atoms with Crippen LogP contribution >= 0.6 is 11.6 Å². The summed E-state index contributed by atoms with van der Waals surface area (Å²) in [6, 6.07) is 7.53. The molecule has 2 aromatic rings. The van der Waals surface area contributed by atoms with Gasteiger partial charge in [-0.15, -0.1) is 0 Å². The molecular formula is C17H22ClN3O2. The Morgan fingerprint density at radius 1 is 1.39 bits per heavy atom. The molecule has 1 unspecified atom stereocenters. The number of carbonyl (C=O) groups excluding carboxylic acids is 1. The van der Waals surface area contributed by atoms with E-state index in [0.717, 1.165) is 16.6 Å². The van der Waals surface area contributed by atoms with Crippen molar-refractivity contribution in [3.8, 4) is 0 Å². The average Bonchev–Trinajstić information content (AvgIpc) is 2.43. The SMILES string of the molecule is CC(CNC(=O)OC(C)(C)C)Nc1cc(Cl)cc2cccnc12. The molecule has 0 bridgehead atoms. The van der Waals surface area contributed by atoms with Crippen LogP contribution in [0.1, 0.15) is 27.7 Å². The highest BCUT2D eigenvalue weighted by atomic mass is 35.5. The van der Waals surface area contributed by atoms with Gasteiger partial charge in [0, 0.05) is 29.2 Å². The van der Waals surface area contributed by atoms with Gasteiger partial charge in [-0.25, -0.2) is 4.79 Å². The van der Waals surface area contributed by atoms with E-state index in [0.29, 0.717) is 11.6 Å². The van der Waals surface area contributed by atoms with Gasteiger partial charge in [0.25, 0.3) is 0 Å². The molecule has 0 fully saturated rings. The van der Waals surface area contributed by atoms with Crippen LogP contribution < -0.4 is 10.6 Å². The Kier molecular flexibility index (Phi) is 5.31. The van der Waals surface area contributed by atoms with Crippen LogP contribution in [0.5, 0.6) is 0 Å². The first-order valence-corrected chi connectivity index (χ1v) is 7.90. The minimum absolute atomic E-state index is 0.00816. The number of hydrogen-bond donors (Lipinski definition) is 2. The van der Waals surface area contributed by atoms with E-state index < -0.39 is 11.7 Å². The number of anilines is 1. The standard InChI is InChI=1S/C17H22ClN3O2/c1-11(10-20-16(22)23-17(2,3)4)21-14-9-13(18)8-12-6-5-7-19-15(12)14/h5-9,11,21H,10H2,1-4H3,(H,20,22). The molecule has 0 saturated carbocycles. The number of hydrogen-bond acceptors (Lipinski definition) is 4. The Hall–Kier alpha value is -2.01. The van der Waals surface area contributed by atoms with E-state index >= 15 is 0 Å². The smallest absolute Gasteiger partial charge is 0.407 e. The van der Waals surface area contributed by atoms with Crippen molar-refractivity contribution in [1.29, 1.82) is 0 Å². The lowest BCUT2D eigenvalue weighted by Gasteiger charge is -2.21. The molecule has 124 valence electrons. The summed E-state index contributed by atoms with van der Waals surface area (Å²) in [7, 11) is 0. The van der Waals surface area contributed by atoms with E-state index in [9.17, 15) is 4.79 Å². The van der Waals surface area contributed by atoms with Gasteiger partial charge in [0.05, 0.1) is 11.2 Å². The van der Waals surface area contributed by atoms with Gasteiger partial charge in [-0.1, -0.05) is 17.7 Å². The molecule has 0 aliphatic heterocycles. The quantitative estimate of drug-likeness (QED) is 0.878. The second-order valence-corrected chi connectivity index (χ2v) is 6.89. The predicted molar refractivity (Wildman–Crippen MR) is 94.1 cm³/mol.